The third kappa shape index (κ3) is 5.15. The Bertz CT molecular complexity index is 601. The summed E-state index contributed by atoms with van der Waals surface area (Å²) in [7, 11) is 0. The Balaban J connectivity index is 1.42. The van der Waals surface area contributed by atoms with Crippen LogP contribution in [0.1, 0.15) is 55.3 Å². The third-order valence-corrected chi connectivity index (χ3v) is 5.23. The van der Waals surface area contributed by atoms with Gasteiger partial charge in [0.1, 0.15) is 0 Å². The van der Waals surface area contributed by atoms with Crippen molar-refractivity contribution in [2.75, 3.05) is 13.1 Å². The Hall–Kier alpha value is -2.17. The molecule has 0 radical (unpaired) electrons. The number of likely N-dealkylation sites (tertiary alicyclic amines) is 1. The highest BCUT2D eigenvalue weighted by Gasteiger charge is 2.23. The van der Waals surface area contributed by atoms with Crippen molar-refractivity contribution in [3.05, 3.63) is 42.2 Å². The molecule has 1 aromatic rings. The molecule has 2 amide bonds. The zero-order chi connectivity index (χ0) is 17.5. The molecule has 0 spiro atoms. The van der Waals surface area contributed by atoms with E-state index in [0.29, 0.717) is 24.6 Å². The van der Waals surface area contributed by atoms with Crippen molar-refractivity contribution >= 4 is 11.8 Å². The van der Waals surface area contributed by atoms with Gasteiger partial charge in [-0.2, -0.15) is 0 Å². The first-order valence-electron chi connectivity index (χ1n) is 9.40. The molecule has 2 heterocycles. The first kappa shape index (κ1) is 17.6. The fourth-order valence-corrected chi connectivity index (χ4v) is 3.66. The van der Waals surface area contributed by atoms with Crippen LogP contribution in [0.5, 0.6) is 0 Å². The fraction of sp³-hybridized carbons (Fsp3) is 0.550. The summed E-state index contributed by atoms with van der Waals surface area (Å²) in [6.07, 6.45) is 15.0. The maximum absolute atomic E-state index is 12.3. The zero-order valence-corrected chi connectivity index (χ0v) is 14.7. The van der Waals surface area contributed by atoms with Gasteiger partial charge in [-0.05, 0) is 49.8 Å². The minimum absolute atomic E-state index is 0.0879. The van der Waals surface area contributed by atoms with Crippen molar-refractivity contribution < 1.29 is 9.59 Å². The third-order valence-electron chi connectivity index (χ3n) is 5.23. The molecule has 0 aromatic carbocycles. The lowest BCUT2D eigenvalue weighted by molar-refractivity contribution is -0.127. The van der Waals surface area contributed by atoms with E-state index in [1.54, 1.807) is 30.6 Å². The van der Waals surface area contributed by atoms with Crippen LogP contribution in [-0.2, 0) is 4.79 Å². The summed E-state index contributed by atoms with van der Waals surface area (Å²) in [5.74, 6) is 0.603. The molecule has 0 unspecified atom stereocenters. The van der Waals surface area contributed by atoms with Crippen molar-refractivity contribution in [3.63, 3.8) is 0 Å². The molecule has 0 bridgehead atoms. The van der Waals surface area contributed by atoms with E-state index in [4.69, 9.17) is 0 Å². The average Bonchev–Trinajstić information content (AvgIpc) is 2.68. The minimum Gasteiger partial charge on any atom is -0.349 e. The highest BCUT2D eigenvalue weighted by atomic mass is 16.2. The molecular weight excluding hydrogens is 314 g/mol. The van der Waals surface area contributed by atoms with Crippen molar-refractivity contribution in [2.45, 2.75) is 51.0 Å². The molecular formula is C20H27N3O2. The van der Waals surface area contributed by atoms with Gasteiger partial charge in [-0.15, -0.1) is 0 Å². The summed E-state index contributed by atoms with van der Waals surface area (Å²) in [5, 5.41) is 3.04. The number of hydrogen-bond acceptors (Lipinski definition) is 3. The van der Waals surface area contributed by atoms with Gasteiger partial charge < -0.3 is 10.2 Å². The van der Waals surface area contributed by atoms with Crippen LogP contribution in [-0.4, -0.2) is 40.8 Å². The molecule has 1 aromatic heterocycles. The first-order valence-corrected chi connectivity index (χ1v) is 9.40. The maximum Gasteiger partial charge on any atom is 0.253 e. The molecule has 3 rings (SSSR count). The smallest absolute Gasteiger partial charge is 0.253 e. The lowest BCUT2D eigenvalue weighted by atomic mass is 9.89. The van der Waals surface area contributed by atoms with Gasteiger partial charge in [0.05, 0.1) is 5.56 Å². The molecule has 1 saturated heterocycles. The van der Waals surface area contributed by atoms with Gasteiger partial charge in [-0.1, -0.05) is 25.3 Å². The minimum atomic E-state index is -0.0879. The number of nitrogens with one attached hydrogen (secondary N) is 1. The van der Waals surface area contributed by atoms with E-state index in [1.807, 2.05) is 4.90 Å². The van der Waals surface area contributed by atoms with Crippen molar-refractivity contribution in [2.24, 2.45) is 5.92 Å². The van der Waals surface area contributed by atoms with E-state index in [2.05, 4.69) is 16.4 Å². The van der Waals surface area contributed by atoms with Crippen LogP contribution in [0.15, 0.2) is 36.7 Å². The first-order chi connectivity index (χ1) is 12.2. The van der Waals surface area contributed by atoms with Gasteiger partial charge in [-0.25, -0.2) is 0 Å². The number of rotatable bonds is 4. The molecule has 5 nitrogen and oxygen atoms in total. The van der Waals surface area contributed by atoms with Gasteiger partial charge in [0.15, 0.2) is 0 Å². The van der Waals surface area contributed by atoms with Crippen LogP contribution < -0.4 is 5.32 Å². The SMILES string of the molecule is O=C(NC1CCN(C(=O)/C=C/C2CCCCC2)CC1)c1cccnc1. The number of nitrogens with zero attached hydrogens (tertiary/aromatic N) is 2. The van der Waals surface area contributed by atoms with E-state index in [-0.39, 0.29) is 17.9 Å². The number of hydrogen-bond donors (Lipinski definition) is 1. The highest BCUT2D eigenvalue weighted by molar-refractivity contribution is 5.94. The second-order valence-corrected chi connectivity index (χ2v) is 7.07. The molecule has 0 atom stereocenters. The standard InChI is InChI=1S/C20H27N3O2/c24-19(9-8-16-5-2-1-3-6-16)23-13-10-18(11-14-23)22-20(25)17-7-4-12-21-15-17/h4,7-9,12,15-16,18H,1-3,5-6,10-11,13-14H2,(H,22,25)/b9-8+. The number of pyridine rings is 1. The van der Waals surface area contributed by atoms with Gasteiger partial charge in [0.2, 0.25) is 5.91 Å². The number of aromatic nitrogens is 1. The predicted molar refractivity (Wildman–Crippen MR) is 97.0 cm³/mol. The molecule has 5 heteroatoms. The zero-order valence-electron chi connectivity index (χ0n) is 14.7. The number of carbonyl (C=O) groups is 2. The Morgan fingerprint density at radius 1 is 1.12 bits per heavy atom. The van der Waals surface area contributed by atoms with Crippen LogP contribution in [0.25, 0.3) is 0 Å². The largest absolute Gasteiger partial charge is 0.349 e. The molecule has 134 valence electrons. The van der Waals surface area contributed by atoms with Gasteiger partial charge in [-0.3, -0.25) is 14.6 Å². The maximum atomic E-state index is 12.3. The Morgan fingerprint density at radius 3 is 2.56 bits per heavy atom. The van der Waals surface area contributed by atoms with Crippen LogP contribution in [0, 0.1) is 5.92 Å². The molecule has 25 heavy (non-hydrogen) atoms. The number of allylic oxidation sites excluding steroid dienone is 1. The van der Waals surface area contributed by atoms with Crippen LogP contribution in [0.4, 0.5) is 0 Å². The fourth-order valence-electron chi connectivity index (χ4n) is 3.66. The number of carbonyl (C=O) groups excluding carboxylic acids is 2. The Morgan fingerprint density at radius 2 is 1.88 bits per heavy atom. The number of piperidine rings is 1. The molecule has 2 fully saturated rings. The topological polar surface area (TPSA) is 62.3 Å². The predicted octanol–water partition coefficient (Wildman–Crippen LogP) is 2.94. The van der Waals surface area contributed by atoms with E-state index in [0.717, 1.165) is 12.8 Å². The Labute approximate surface area is 149 Å². The van der Waals surface area contributed by atoms with E-state index < -0.39 is 0 Å². The van der Waals surface area contributed by atoms with Gasteiger partial charge in [0.25, 0.3) is 5.91 Å². The summed E-state index contributed by atoms with van der Waals surface area (Å²) in [6, 6.07) is 3.64. The highest BCUT2D eigenvalue weighted by Crippen LogP contribution is 2.24. The van der Waals surface area contributed by atoms with Crippen LogP contribution >= 0.6 is 0 Å². The Kier molecular flexibility index (Phi) is 6.20. The van der Waals surface area contributed by atoms with Gasteiger partial charge >= 0.3 is 0 Å². The lowest BCUT2D eigenvalue weighted by Gasteiger charge is -2.32. The van der Waals surface area contributed by atoms with Crippen molar-refractivity contribution in [1.29, 1.82) is 0 Å². The van der Waals surface area contributed by atoms with E-state index in [9.17, 15) is 9.59 Å². The molecule has 2 aliphatic rings. The molecule has 1 aliphatic heterocycles. The quantitative estimate of drug-likeness (QED) is 0.857. The average molecular weight is 341 g/mol. The van der Waals surface area contributed by atoms with Crippen molar-refractivity contribution in [3.8, 4) is 0 Å². The second-order valence-electron chi connectivity index (χ2n) is 7.07. The monoisotopic (exact) mass is 341 g/mol. The van der Waals surface area contributed by atoms with E-state index in [1.165, 1.54) is 32.1 Å². The van der Waals surface area contributed by atoms with Gasteiger partial charge in [0, 0.05) is 31.5 Å². The molecule has 1 N–H and O–H groups in total. The summed E-state index contributed by atoms with van der Waals surface area (Å²) < 4.78 is 0. The summed E-state index contributed by atoms with van der Waals surface area (Å²) in [4.78, 5) is 30.4. The number of amides is 2. The molecule has 1 aliphatic carbocycles. The van der Waals surface area contributed by atoms with Crippen LogP contribution in [0.3, 0.4) is 0 Å². The van der Waals surface area contributed by atoms with E-state index >= 15 is 0 Å². The normalized spacial score (nSPS) is 19.9. The van der Waals surface area contributed by atoms with Crippen molar-refractivity contribution in [1.82, 2.24) is 15.2 Å². The lowest BCUT2D eigenvalue weighted by Crippen LogP contribution is -2.46. The van der Waals surface area contributed by atoms with Crippen LogP contribution in [0.2, 0.25) is 0 Å². The molecule has 1 saturated carbocycles. The summed E-state index contributed by atoms with van der Waals surface area (Å²) in [6.45, 7) is 1.40. The summed E-state index contributed by atoms with van der Waals surface area (Å²) >= 11 is 0. The second kappa shape index (κ2) is 8.79. The summed E-state index contributed by atoms with van der Waals surface area (Å²) in [5.41, 5.74) is 0.580.